The number of halogens is 2. The summed E-state index contributed by atoms with van der Waals surface area (Å²) in [6, 6.07) is 11.9. The van der Waals surface area contributed by atoms with E-state index < -0.39 is 17.4 Å². The Morgan fingerprint density at radius 2 is 1.74 bits per heavy atom. The van der Waals surface area contributed by atoms with E-state index in [0.717, 1.165) is 21.1 Å². The van der Waals surface area contributed by atoms with Gasteiger partial charge >= 0.3 is 6.03 Å². The van der Waals surface area contributed by atoms with Gasteiger partial charge in [0.1, 0.15) is 10.8 Å². The van der Waals surface area contributed by atoms with Crippen molar-refractivity contribution >= 4 is 64.2 Å². The number of imide groups is 1. The Labute approximate surface area is 211 Å². The number of amides is 3. The van der Waals surface area contributed by atoms with Crippen LogP contribution in [-0.2, 0) is 21.4 Å². The molecular weight excluding hydrogens is 495 g/mol. The molecule has 7 nitrogen and oxygen atoms in total. The summed E-state index contributed by atoms with van der Waals surface area (Å²) in [6.07, 6.45) is 0.759. The van der Waals surface area contributed by atoms with Crippen LogP contribution in [0.4, 0.5) is 10.5 Å². The first-order chi connectivity index (χ1) is 16.0. The molecule has 1 heterocycles. The van der Waals surface area contributed by atoms with Gasteiger partial charge in [-0.25, -0.2) is 9.78 Å². The van der Waals surface area contributed by atoms with Crippen molar-refractivity contribution in [2.45, 2.75) is 32.6 Å². The first-order valence-electron chi connectivity index (χ1n) is 10.2. The first kappa shape index (κ1) is 25.6. The number of rotatable bonds is 7. The number of carbonyl (C=O) groups excluding carboxylic acids is 3. The maximum absolute atomic E-state index is 11.9. The molecule has 0 saturated heterocycles. The van der Waals surface area contributed by atoms with Crippen molar-refractivity contribution in [3.8, 4) is 11.3 Å². The average molecular weight is 517 g/mol. The van der Waals surface area contributed by atoms with E-state index in [4.69, 9.17) is 33.6 Å². The van der Waals surface area contributed by atoms with Crippen molar-refractivity contribution in [3.63, 3.8) is 0 Å². The summed E-state index contributed by atoms with van der Waals surface area (Å²) in [7, 11) is 0. The lowest BCUT2D eigenvalue weighted by atomic mass is 9.85. The van der Waals surface area contributed by atoms with Gasteiger partial charge in [-0.3, -0.25) is 14.9 Å². The third-order valence-electron chi connectivity index (χ3n) is 4.98. The molecule has 10 heteroatoms. The molecule has 0 saturated carbocycles. The van der Waals surface area contributed by atoms with Gasteiger partial charge in [0, 0.05) is 43.6 Å². The molecule has 0 unspecified atom stereocenters. The summed E-state index contributed by atoms with van der Waals surface area (Å²) >= 11 is 14.6. The molecule has 0 radical (unpaired) electrons. The Hall–Kier alpha value is -3.07. The van der Waals surface area contributed by atoms with Gasteiger partial charge in [-0.2, -0.15) is 0 Å². The van der Waals surface area contributed by atoms with E-state index in [1.165, 1.54) is 23.5 Å². The number of urea groups is 1. The number of thiazole rings is 1. The highest BCUT2D eigenvalue weighted by Crippen LogP contribution is 2.44. The minimum absolute atomic E-state index is 0.0384. The highest BCUT2D eigenvalue weighted by molar-refractivity contribution is 7.12. The zero-order chi connectivity index (χ0) is 25.0. The average Bonchev–Trinajstić information content (AvgIpc) is 3.17. The van der Waals surface area contributed by atoms with Crippen LogP contribution in [-0.4, -0.2) is 28.9 Å². The van der Waals surface area contributed by atoms with Gasteiger partial charge in [0.2, 0.25) is 0 Å². The highest BCUT2D eigenvalue weighted by Gasteiger charge is 2.33. The fourth-order valence-corrected chi connectivity index (χ4v) is 5.67. The van der Waals surface area contributed by atoms with Crippen molar-refractivity contribution < 1.29 is 14.4 Å². The monoisotopic (exact) mass is 516 g/mol. The zero-order valence-corrected chi connectivity index (χ0v) is 21.0. The van der Waals surface area contributed by atoms with Crippen LogP contribution in [0.5, 0.6) is 0 Å². The number of aromatic nitrogens is 1. The standard InChI is InChI=1S/C24H22Cl2N4O3S/c1-13(31)9-18-21(14-7-5-4-6-8-14)30-22(34-18)24(2,3)20-16(25)10-15(11-17(20)26)28-23(33)29-19(32)12-27/h4-8,10-12,27H,9H2,1-3H3,(H2,28,29,32,33). The highest BCUT2D eigenvalue weighted by atomic mass is 35.5. The van der Waals surface area contributed by atoms with E-state index >= 15 is 0 Å². The van der Waals surface area contributed by atoms with Crippen molar-refractivity contribution in [1.82, 2.24) is 10.3 Å². The molecule has 1 aromatic heterocycles. The van der Waals surface area contributed by atoms with Gasteiger partial charge in [-0.05, 0) is 32.9 Å². The Morgan fingerprint density at radius 1 is 1.12 bits per heavy atom. The molecule has 0 atom stereocenters. The van der Waals surface area contributed by atoms with E-state index in [0.29, 0.717) is 21.8 Å². The second kappa shape index (κ2) is 10.5. The van der Waals surface area contributed by atoms with E-state index in [1.807, 2.05) is 49.5 Å². The Kier molecular flexibility index (Phi) is 7.86. The molecule has 0 fully saturated rings. The number of nitrogens with one attached hydrogen (secondary N) is 3. The Balaban J connectivity index is 2.00. The normalized spacial score (nSPS) is 11.1. The topological polar surface area (TPSA) is 112 Å². The van der Waals surface area contributed by atoms with E-state index in [-0.39, 0.29) is 17.9 Å². The zero-order valence-electron chi connectivity index (χ0n) is 18.7. The molecular formula is C24H22Cl2N4O3S. The Bertz CT molecular complexity index is 1250. The molecule has 34 heavy (non-hydrogen) atoms. The van der Waals surface area contributed by atoms with Gasteiger partial charge < -0.3 is 10.7 Å². The minimum Gasteiger partial charge on any atom is -0.308 e. The van der Waals surface area contributed by atoms with Crippen LogP contribution in [0.3, 0.4) is 0 Å². The van der Waals surface area contributed by atoms with Gasteiger partial charge in [-0.1, -0.05) is 53.5 Å². The van der Waals surface area contributed by atoms with E-state index in [9.17, 15) is 14.4 Å². The molecule has 3 aromatic rings. The predicted octanol–water partition coefficient (Wildman–Crippen LogP) is 5.87. The summed E-state index contributed by atoms with van der Waals surface area (Å²) in [5, 5.41) is 12.6. The van der Waals surface area contributed by atoms with Gasteiger partial charge in [0.05, 0.1) is 11.9 Å². The molecule has 0 aliphatic carbocycles. The van der Waals surface area contributed by atoms with Crippen LogP contribution < -0.4 is 10.6 Å². The molecule has 0 aliphatic heterocycles. The van der Waals surface area contributed by atoms with E-state index in [1.54, 1.807) is 6.92 Å². The second-order valence-electron chi connectivity index (χ2n) is 8.06. The number of Topliss-reactive ketones (excluding diaryl/α,β-unsaturated/α-hetero) is 1. The van der Waals surface area contributed by atoms with Crippen LogP contribution in [0.2, 0.25) is 10.0 Å². The number of anilines is 1. The fourth-order valence-electron chi connectivity index (χ4n) is 3.45. The smallest absolute Gasteiger partial charge is 0.308 e. The maximum atomic E-state index is 11.9. The van der Waals surface area contributed by atoms with Crippen LogP contribution in [0.25, 0.3) is 11.3 Å². The third-order valence-corrected chi connectivity index (χ3v) is 6.96. The lowest BCUT2D eigenvalue weighted by Crippen LogP contribution is -2.34. The predicted molar refractivity (Wildman–Crippen MR) is 136 cm³/mol. The number of benzene rings is 2. The van der Waals surface area contributed by atoms with Crippen LogP contribution in [0.15, 0.2) is 42.5 Å². The SMILES string of the molecule is CC(=O)Cc1sc(C(C)(C)c2c(Cl)cc(NC(=O)NC(=O)C=N)cc2Cl)nc1-c1ccccc1. The van der Waals surface area contributed by atoms with Gasteiger partial charge in [-0.15, -0.1) is 11.3 Å². The molecule has 3 N–H and O–H groups in total. The van der Waals surface area contributed by atoms with Crippen molar-refractivity contribution in [3.05, 3.63) is 68.0 Å². The molecule has 2 aromatic carbocycles. The quantitative estimate of drug-likeness (QED) is 0.340. The number of ketones is 1. The molecule has 3 rings (SSSR count). The Morgan fingerprint density at radius 3 is 2.29 bits per heavy atom. The molecule has 3 amide bonds. The third kappa shape index (κ3) is 5.70. The number of hydrogen-bond donors (Lipinski definition) is 3. The van der Waals surface area contributed by atoms with E-state index in [2.05, 4.69) is 5.32 Å². The van der Waals surface area contributed by atoms with Crippen molar-refractivity contribution in [1.29, 1.82) is 5.41 Å². The minimum atomic E-state index is -0.855. The largest absolute Gasteiger partial charge is 0.326 e. The lowest BCUT2D eigenvalue weighted by Gasteiger charge is -2.26. The second-order valence-corrected chi connectivity index (χ2v) is 9.96. The fraction of sp³-hybridized carbons (Fsp3) is 0.208. The van der Waals surface area contributed by atoms with Crippen molar-refractivity contribution in [2.24, 2.45) is 0 Å². The summed E-state index contributed by atoms with van der Waals surface area (Å²) in [5.41, 5.74) is 1.85. The van der Waals surface area contributed by atoms with Crippen LogP contribution >= 0.6 is 34.5 Å². The molecule has 0 spiro atoms. The van der Waals surface area contributed by atoms with Crippen LogP contribution in [0, 0.1) is 5.41 Å². The number of hydrogen-bond acceptors (Lipinski definition) is 6. The summed E-state index contributed by atoms with van der Waals surface area (Å²) in [6.45, 7) is 5.42. The summed E-state index contributed by atoms with van der Waals surface area (Å²) in [5.74, 6) is -0.816. The lowest BCUT2D eigenvalue weighted by molar-refractivity contribution is -0.116. The molecule has 0 bridgehead atoms. The summed E-state index contributed by atoms with van der Waals surface area (Å²) < 4.78 is 0. The maximum Gasteiger partial charge on any atom is 0.326 e. The first-order valence-corrected chi connectivity index (χ1v) is 11.8. The number of carbonyl (C=O) groups is 3. The summed E-state index contributed by atoms with van der Waals surface area (Å²) in [4.78, 5) is 40.8. The van der Waals surface area contributed by atoms with Gasteiger partial charge in [0.15, 0.2) is 0 Å². The van der Waals surface area contributed by atoms with Crippen LogP contribution in [0.1, 0.15) is 36.2 Å². The van der Waals surface area contributed by atoms with Gasteiger partial charge in [0.25, 0.3) is 5.91 Å². The number of nitrogens with zero attached hydrogens (tertiary/aromatic N) is 1. The molecule has 0 aliphatic rings. The molecule has 176 valence electrons. The van der Waals surface area contributed by atoms with Crippen molar-refractivity contribution in [2.75, 3.05) is 5.32 Å².